The Hall–Kier alpha value is -1.89. The number of rotatable bonds is 3. The van der Waals surface area contributed by atoms with Crippen LogP contribution in [0.4, 0.5) is 13.2 Å². The Labute approximate surface area is 137 Å². The predicted octanol–water partition coefficient (Wildman–Crippen LogP) is 2.70. The van der Waals surface area contributed by atoms with Gasteiger partial charge in [-0.05, 0) is 25.7 Å². The van der Waals surface area contributed by atoms with Crippen LogP contribution in [0.15, 0.2) is 12.1 Å². The largest absolute Gasteiger partial charge is 0.368 e. The Morgan fingerprint density at radius 3 is 2.21 bits per heavy atom. The molecule has 0 unspecified atom stereocenters. The standard InChI is InChI=1S/C17H18F3NO3/c18-11-8-12(19)15(13(20)9-11)16(22)10-3-5-21(6-4-10)17(23)14-2-1-7-24-14/h8-10,14H,1-7H2/t14-/m1/s1. The molecule has 4 nitrogen and oxygen atoms in total. The molecule has 2 fully saturated rings. The van der Waals surface area contributed by atoms with E-state index in [0.29, 0.717) is 51.1 Å². The highest BCUT2D eigenvalue weighted by Gasteiger charge is 2.34. The van der Waals surface area contributed by atoms with E-state index < -0.39 is 40.8 Å². The Balaban J connectivity index is 1.64. The summed E-state index contributed by atoms with van der Waals surface area (Å²) in [5.74, 6) is -4.76. The second-order valence-corrected chi connectivity index (χ2v) is 6.21. The summed E-state index contributed by atoms with van der Waals surface area (Å²) < 4.78 is 45.8. The highest BCUT2D eigenvalue weighted by molar-refractivity contribution is 5.98. The fourth-order valence-corrected chi connectivity index (χ4v) is 3.32. The van der Waals surface area contributed by atoms with E-state index in [0.717, 1.165) is 6.42 Å². The van der Waals surface area contributed by atoms with Crippen molar-refractivity contribution in [2.75, 3.05) is 19.7 Å². The minimum absolute atomic E-state index is 0.0856. The first-order valence-corrected chi connectivity index (χ1v) is 8.06. The van der Waals surface area contributed by atoms with Gasteiger partial charge in [-0.15, -0.1) is 0 Å². The van der Waals surface area contributed by atoms with E-state index in [1.165, 1.54) is 0 Å². The van der Waals surface area contributed by atoms with Gasteiger partial charge in [0.15, 0.2) is 5.78 Å². The highest BCUT2D eigenvalue weighted by atomic mass is 19.1. The van der Waals surface area contributed by atoms with Gasteiger partial charge in [0.2, 0.25) is 0 Å². The SMILES string of the molecule is O=C(c1c(F)cc(F)cc1F)C1CCN(C(=O)[C@H]2CCCO2)CC1. The summed E-state index contributed by atoms with van der Waals surface area (Å²) in [7, 11) is 0. The molecule has 7 heteroatoms. The van der Waals surface area contributed by atoms with Crippen molar-refractivity contribution in [2.45, 2.75) is 31.8 Å². The van der Waals surface area contributed by atoms with Gasteiger partial charge in [-0.1, -0.05) is 0 Å². The summed E-state index contributed by atoms with van der Waals surface area (Å²) in [4.78, 5) is 26.2. The van der Waals surface area contributed by atoms with E-state index in [1.807, 2.05) is 0 Å². The minimum Gasteiger partial charge on any atom is -0.368 e. The van der Waals surface area contributed by atoms with Gasteiger partial charge in [0.1, 0.15) is 23.6 Å². The van der Waals surface area contributed by atoms with Crippen LogP contribution in [0.25, 0.3) is 0 Å². The smallest absolute Gasteiger partial charge is 0.251 e. The lowest BCUT2D eigenvalue weighted by molar-refractivity contribution is -0.142. The molecule has 3 rings (SSSR count). The molecule has 0 radical (unpaired) electrons. The second kappa shape index (κ2) is 6.93. The van der Waals surface area contributed by atoms with Gasteiger partial charge in [0.05, 0.1) is 5.56 Å². The minimum atomic E-state index is -1.18. The second-order valence-electron chi connectivity index (χ2n) is 6.21. The molecule has 1 aromatic carbocycles. The summed E-state index contributed by atoms with van der Waals surface area (Å²) in [6, 6.07) is 1.01. The summed E-state index contributed by atoms with van der Waals surface area (Å²) in [6.45, 7) is 1.27. The summed E-state index contributed by atoms with van der Waals surface area (Å²) in [6.07, 6.45) is 1.79. The Morgan fingerprint density at radius 2 is 1.67 bits per heavy atom. The zero-order valence-corrected chi connectivity index (χ0v) is 13.1. The number of likely N-dealkylation sites (tertiary alicyclic amines) is 1. The molecule has 0 aromatic heterocycles. The van der Waals surface area contributed by atoms with Crippen LogP contribution in [0.2, 0.25) is 0 Å². The third-order valence-electron chi connectivity index (χ3n) is 4.64. The van der Waals surface area contributed by atoms with Crippen molar-refractivity contribution in [3.05, 3.63) is 35.1 Å². The van der Waals surface area contributed by atoms with Crippen LogP contribution in [0.5, 0.6) is 0 Å². The van der Waals surface area contributed by atoms with Crippen LogP contribution in [-0.2, 0) is 9.53 Å². The number of amides is 1. The Bertz CT molecular complexity index is 627. The van der Waals surface area contributed by atoms with Crippen LogP contribution >= 0.6 is 0 Å². The first kappa shape index (κ1) is 17.0. The molecule has 0 N–H and O–H groups in total. The first-order chi connectivity index (χ1) is 11.5. The van der Waals surface area contributed by atoms with Gasteiger partial charge >= 0.3 is 0 Å². The van der Waals surface area contributed by atoms with Crippen molar-refractivity contribution in [3.8, 4) is 0 Å². The van der Waals surface area contributed by atoms with Crippen molar-refractivity contribution in [3.63, 3.8) is 0 Å². The number of carbonyl (C=O) groups excluding carboxylic acids is 2. The van der Waals surface area contributed by atoms with Crippen LogP contribution in [0.1, 0.15) is 36.0 Å². The lowest BCUT2D eigenvalue weighted by Crippen LogP contribution is -2.44. The van der Waals surface area contributed by atoms with Gasteiger partial charge in [-0.25, -0.2) is 13.2 Å². The number of halogens is 3. The third-order valence-corrected chi connectivity index (χ3v) is 4.64. The number of ether oxygens (including phenoxy) is 1. The molecule has 2 heterocycles. The van der Waals surface area contributed by atoms with Gasteiger partial charge in [0, 0.05) is 37.7 Å². The topological polar surface area (TPSA) is 46.6 Å². The number of hydrogen-bond acceptors (Lipinski definition) is 3. The monoisotopic (exact) mass is 341 g/mol. The van der Waals surface area contributed by atoms with Gasteiger partial charge in [0.25, 0.3) is 5.91 Å². The van der Waals surface area contributed by atoms with E-state index in [-0.39, 0.29) is 5.91 Å². The summed E-state index contributed by atoms with van der Waals surface area (Å²) in [5, 5.41) is 0. The number of nitrogens with zero attached hydrogens (tertiary/aromatic N) is 1. The fourth-order valence-electron chi connectivity index (χ4n) is 3.32. The molecule has 0 spiro atoms. The van der Waals surface area contributed by atoms with E-state index in [9.17, 15) is 22.8 Å². The number of piperidine rings is 1. The van der Waals surface area contributed by atoms with Crippen molar-refractivity contribution in [1.82, 2.24) is 4.90 Å². The van der Waals surface area contributed by atoms with Gasteiger partial charge < -0.3 is 9.64 Å². The van der Waals surface area contributed by atoms with Gasteiger partial charge in [-0.2, -0.15) is 0 Å². The molecule has 1 amide bonds. The summed E-state index contributed by atoms with van der Waals surface area (Å²) in [5.41, 5.74) is -0.694. The molecule has 2 aliphatic heterocycles. The molecule has 1 aromatic rings. The average Bonchev–Trinajstić information content (AvgIpc) is 3.07. The number of benzene rings is 1. The molecule has 2 aliphatic rings. The zero-order chi connectivity index (χ0) is 17.3. The number of ketones is 1. The van der Waals surface area contributed by atoms with Crippen LogP contribution in [0.3, 0.4) is 0 Å². The molecule has 130 valence electrons. The van der Waals surface area contributed by atoms with Gasteiger partial charge in [-0.3, -0.25) is 9.59 Å². The number of carbonyl (C=O) groups is 2. The maximum atomic E-state index is 13.7. The third kappa shape index (κ3) is 3.31. The Morgan fingerprint density at radius 1 is 1.04 bits per heavy atom. The molecule has 0 bridgehead atoms. The van der Waals surface area contributed by atoms with E-state index in [4.69, 9.17) is 4.74 Å². The normalized spacial score (nSPS) is 22.0. The average molecular weight is 341 g/mol. The summed E-state index contributed by atoms with van der Waals surface area (Å²) >= 11 is 0. The van der Waals surface area contributed by atoms with E-state index in [1.54, 1.807) is 4.90 Å². The quantitative estimate of drug-likeness (QED) is 0.794. The molecule has 0 aliphatic carbocycles. The number of hydrogen-bond donors (Lipinski definition) is 0. The molecular formula is C17H18F3NO3. The Kier molecular flexibility index (Phi) is 4.89. The van der Waals surface area contributed by atoms with Crippen LogP contribution in [-0.4, -0.2) is 42.4 Å². The molecule has 2 saturated heterocycles. The van der Waals surface area contributed by atoms with Crippen molar-refractivity contribution < 1.29 is 27.5 Å². The van der Waals surface area contributed by atoms with Crippen molar-refractivity contribution >= 4 is 11.7 Å². The fraction of sp³-hybridized carbons (Fsp3) is 0.529. The first-order valence-electron chi connectivity index (χ1n) is 8.06. The van der Waals surface area contributed by atoms with E-state index in [2.05, 4.69) is 0 Å². The molecule has 1 atom stereocenters. The lowest BCUT2D eigenvalue weighted by atomic mass is 9.88. The number of Topliss-reactive ketones (excluding diaryl/α,β-unsaturated/α-hetero) is 1. The van der Waals surface area contributed by atoms with Crippen molar-refractivity contribution in [2.24, 2.45) is 5.92 Å². The lowest BCUT2D eigenvalue weighted by Gasteiger charge is -2.32. The highest BCUT2D eigenvalue weighted by Crippen LogP contribution is 2.26. The molecule has 0 saturated carbocycles. The van der Waals surface area contributed by atoms with E-state index >= 15 is 0 Å². The maximum absolute atomic E-state index is 13.7. The zero-order valence-electron chi connectivity index (χ0n) is 13.1. The maximum Gasteiger partial charge on any atom is 0.251 e. The van der Waals surface area contributed by atoms with Crippen LogP contribution in [0, 0.1) is 23.4 Å². The van der Waals surface area contributed by atoms with Crippen LogP contribution < -0.4 is 0 Å². The molecular weight excluding hydrogens is 323 g/mol. The predicted molar refractivity (Wildman–Crippen MR) is 78.9 cm³/mol. The molecule has 24 heavy (non-hydrogen) atoms. The van der Waals surface area contributed by atoms with Crippen molar-refractivity contribution in [1.29, 1.82) is 0 Å².